The van der Waals surface area contributed by atoms with Crippen LogP contribution in [0.3, 0.4) is 0 Å². The number of nitrogens with zero attached hydrogens (tertiary/aromatic N) is 3. The number of aromatic nitrogens is 1. The third-order valence-electron chi connectivity index (χ3n) is 11.0. The Morgan fingerprint density at radius 2 is 1.82 bits per heavy atom. The van der Waals surface area contributed by atoms with Crippen LogP contribution in [0.15, 0.2) is 36.4 Å². The van der Waals surface area contributed by atoms with Crippen molar-refractivity contribution in [3.05, 3.63) is 36.4 Å². The minimum Gasteiger partial charge on any atom is -0.497 e. The Balaban J connectivity index is 0.00000310. The smallest absolute Gasteiger partial charge is 0.408 e. The van der Waals surface area contributed by atoms with Crippen molar-refractivity contribution in [1.82, 2.24) is 25.2 Å². The Bertz CT molecular complexity index is 2010. The number of sulfonamides is 1. The zero-order valence-corrected chi connectivity index (χ0v) is 34.4. The monoisotopic (exact) mass is 802 g/mol. The summed E-state index contributed by atoms with van der Waals surface area (Å²) in [7, 11) is 1.39. The third-order valence-corrected chi connectivity index (χ3v) is 12.8. The summed E-state index contributed by atoms with van der Waals surface area (Å²) in [4.78, 5) is 64.5. The Labute approximate surface area is 333 Å². The van der Waals surface area contributed by atoms with Gasteiger partial charge in [-0.2, -0.15) is 4.98 Å². The van der Waals surface area contributed by atoms with Crippen LogP contribution in [-0.4, -0.2) is 104 Å². The average molecular weight is 803 g/mol. The summed E-state index contributed by atoms with van der Waals surface area (Å²) < 4.78 is 45.7. The van der Waals surface area contributed by atoms with Crippen LogP contribution in [0.2, 0.25) is 0 Å². The number of carbonyl (C=O) groups is 4. The lowest BCUT2D eigenvalue weighted by atomic mass is 9.88. The SMILES string of the molecule is COc1ccc2c(O[C@@H]3C[C@H]4C(=O)N[C@]5(C(=O)NS(=O)(=O)C6CC6)C[C@H]5/C=C\CC[C@@H](C)C[C@@H](C)[C@H](NC(=O)OC(C)(C)C)C(=O)N4C3)nc(N(C)C)cc2c1.[HH].[HH].[HH]. The highest BCUT2D eigenvalue weighted by Crippen LogP contribution is 2.46. The van der Waals surface area contributed by atoms with Crippen molar-refractivity contribution in [1.29, 1.82) is 0 Å². The topological polar surface area (TPSA) is 186 Å². The lowest BCUT2D eigenvalue weighted by Crippen LogP contribution is -2.59. The number of amides is 4. The fraction of sp³-hybridized carbons (Fsp3) is 0.625. The number of alkyl carbamates (subject to hydrolysis) is 1. The molecule has 6 rings (SSSR count). The van der Waals surface area contributed by atoms with Gasteiger partial charge in [-0.3, -0.25) is 19.1 Å². The lowest BCUT2D eigenvalue weighted by molar-refractivity contribution is -0.142. The third kappa shape index (κ3) is 9.16. The minimum atomic E-state index is -3.91. The van der Waals surface area contributed by atoms with Gasteiger partial charge in [0.1, 0.15) is 40.9 Å². The van der Waals surface area contributed by atoms with Gasteiger partial charge >= 0.3 is 6.09 Å². The van der Waals surface area contributed by atoms with E-state index in [2.05, 4.69) is 22.3 Å². The Morgan fingerprint density at radius 3 is 2.48 bits per heavy atom. The van der Waals surface area contributed by atoms with E-state index < -0.39 is 74.3 Å². The van der Waals surface area contributed by atoms with E-state index in [9.17, 15) is 27.6 Å². The van der Waals surface area contributed by atoms with Crippen LogP contribution in [0.5, 0.6) is 11.6 Å². The fourth-order valence-electron chi connectivity index (χ4n) is 7.73. The molecule has 7 atom stereocenters. The second kappa shape index (κ2) is 15.7. The largest absolute Gasteiger partial charge is 0.497 e. The number of nitrogens with one attached hydrogen (secondary N) is 3. The quantitative estimate of drug-likeness (QED) is 0.312. The maximum atomic E-state index is 14.8. The first kappa shape index (κ1) is 41.0. The maximum Gasteiger partial charge on any atom is 0.408 e. The molecule has 312 valence electrons. The molecule has 4 aliphatic rings. The van der Waals surface area contributed by atoms with Crippen LogP contribution >= 0.6 is 0 Å². The highest BCUT2D eigenvalue weighted by Gasteiger charge is 2.62. The summed E-state index contributed by atoms with van der Waals surface area (Å²) in [5, 5.41) is 6.60. The molecule has 0 spiro atoms. The number of allylic oxidation sites excluding steroid dienone is 1. The van der Waals surface area contributed by atoms with Gasteiger partial charge in [-0.1, -0.05) is 26.0 Å². The van der Waals surface area contributed by atoms with Crippen LogP contribution in [-0.2, 0) is 29.1 Å². The van der Waals surface area contributed by atoms with E-state index in [4.69, 9.17) is 19.2 Å². The van der Waals surface area contributed by atoms with Gasteiger partial charge < -0.3 is 34.6 Å². The van der Waals surface area contributed by atoms with E-state index in [0.717, 1.165) is 11.8 Å². The van der Waals surface area contributed by atoms with Crippen LogP contribution in [0.1, 0.15) is 83.8 Å². The molecule has 15 nitrogen and oxygen atoms in total. The molecule has 0 unspecified atom stereocenters. The second-order valence-corrected chi connectivity index (χ2v) is 19.1. The van der Waals surface area contributed by atoms with Gasteiger partial charge in [-0.05, 0) is 101 Å². The number of pyridine rings is 1. The van der Waals surface area contributed by atoms with Crippen molar-refractivity contribution in [2.24, 2.45) is 17.8 Å². The molecule has 16 heteroatoms. The van der Waals surface area contributed by atoms with Crippen LogP contribution in [0, 0.1) is 17.8 Å². The van der Waals surface area contributed by atoms with Gasteiger partial charge in [0.2, 0.25) is 27.7 Å². The average Bonchev–Trinajstić information content (AvgIpc) is 4.04. The number of hydrogen-bond acceptors (Lipinski definition) is 11. The summed E-state index contributed by atoms with van der Waals surface area (Å²) in [6, 6.07) is 5.22. The summed E-state index contributed by atoms with van der Waals surface area (Å²) in [5.74, 6) is -0.993. The minimum absolute atomic E-state index is 0. The molecule has 1 aromatic carbocycles. The summed E-state index contributed by atoms with van der Waals surface area (Å²) >= 11 is 0. The van der Waals surface area contributed by atoms with Crippen molar-refractivity contribution in [2.45, 2.75) is 114 Å². The number of fused-ring (bicyclic) bond motifs is 3. The molecular formula is C40H62N6O9S. The van der Waals surface area contributed by atoms with E-state index in [-0.39, 0.29) is 35.5 Å². The molecule has 1 saturated heterocycles. The maximum absolute atomic E-state index is 14.8. The number of methoxy groups -OCH3 is 1. The molecule has 2 aromatic rings. The highest BCUT2D eigenvalue weighted by molar-refractivity contribution is 7.91. The Morgan fingerprint density at radius 1 is 1.09 bits per heavy atom. The number of rotatable bonds is 8. The fourth-order valence-corrected chi connectivity index (χ4v) is 9.09. The normalized spacial score (nSPS) is 29.1. The molecule has 4 amide bonds. The lowest BCUT2D eigenvalue weighted by Gasteiger charge is -2.33. The van der Waals surface area contributed by atoms with Crippen molar-refractivity contribution in [3.63, 3.8) is 0 Å². The molecule has 3 N–H and O–H groups in total. The van der Waals surface area contributed by atoms with Crippen LogP contribution in [0.25, 0.3) is 10.8 Å². The Kier molecular flexibility index (Phi) is 11.5. The van der Waals surface area contributed by atoms with Crippen LogP contribution < -0.4 is 29.7 Å². The number of anilines is 1. The van der Waals surface area contributed by atoms with Gasteiger partial charge in [0.15, 0.2) is 0 Å². The van der Waals surface area contributed by atoms with E-state index >= 15 is 0 Å². The molecule has 2 aliphatic heterocycles. The molecule has 0 radical (unpaired) electrons. The van der Waals surface area contributed by atoms with Crippen molar-refractivity contribution in [3.8, 4) is 11.6 Å². The predicted octanol–water partition coefficient (Wildman–Crippen LogP) is 4.78. The molecule has 2 saturated carbocycles. The predicted molar refractivity (Wildman–Crippen MR) is 217 cm³/mol. The van der Waals surface area contributed by atoms with E-state index in [0.29, 0.717) is 48.5 Å². The summed E-state index contributed by atoms with van der Waals surface area (Å²) in [5.41, 5.74) is -2.35. The Hall–Kier alpha value is -4.60. The first-order valence-corrected chi connectivity index (χ1v) is 21.0. The van der Waals surface area contributed by atoms with Crippen molar-refractivity contribution in [2.75, 3.05) is 32.6 Å². The van der Waals surface area contributed by atoms with Crippen LogP contribution in [0.4, 0.5) is 10.6 Å². The second-order valence-electron chi connectivity index (χ2n) is 17.1. The summed E-state index contributed by atoms with van der Waals surface area (Å²) in [6.45, 7) is 9.15. The van der Waals surface area contributed by atoms with Gasteiger partial charge in [0, 0.05) is 36.1 Å². The van der Waals surface area contributed by atoms with Gasteiger partial charge in [-0.25, -0.2) is 13.2 Å². The number of carbonyl (C=O) groups excluding carboxylic acids is 4. The summed E-state index contributed by atoms with van der Waals surface area (Å²) in [6.07, 6.45) is 5.56. The van der Waals surface area contributed by atoms with Gasteiger partial charge in [-0.15, -0.1) is 0 Å². The zero-order valence-electron chi connectivity index (χ0n) is 33.6. The van der Waals surface area contributed by atoms with E-state index in [1.807, 2.05) is 56.3 Å². The molecule has 56 heavy (non-hydrogen) atoms. The van der Waals surface area contributed by atoms with Crippen molar-refractivity contribution < 1.29 is 46.1 Å². The molecule has 2 aliphatic carbocycles. The number of benzene rings is 1. The molecule has 3 heterocycles. The molecular weight excluding hydrogens is 741 g/mol. The number of ether oxygens (including phenoxy) is 3. The zero-order chi connectivity index (χ0) is 40.7. The van der Waals surface area contributed by atoms with Crippen molar-refractivity contribution >= 4 is 50.4 Å². The molecule has 0 bridgehead atoms. The first-order chi connectivity index (χ1) is 26.3. The molecule has 1 aromatic heterocycles. The molecule has 3 fully saturated rings. The van der Waals surface area contributed by atoms with Gasteiger partial charge in [0.05, 0.1) is 18.9 Å². The standard InChI is InChI=1S/C40H56N6O9S.3H2/c1-23-11-9-10-12-26-21-40(26,37(49)44-56(51,52)29-14-15-29)43-34(47)31-20-28(22-46(31)36(48)33(24(2)17-23)42-38(50)55-39(3,4)5)54-35-30-16-13-27(53-8)18-25(30)19-32(41-35)45(6)7;;;/h10,12-13,16,18-19,23-24,26,28-29,31,33H,9,11,14-15,17,20-22H2,1-8H3,(H,42,50)(H,43,47)(H,44,49);3*1H/b12-10-;;;/t23-,24-,26-,28-,31+,33+,40-;;;/m1.../s1. The number of hydrogen-bond donors (Lipinski definition) is 3. The van der Waals surface area contributed by atoms with E-state index in [1.165, 1.54) is 4.90 Å². The van der Waals surface area contributed by atoms with E-state index in [1.54, 1.807) is 33.9 Å². The highest BCUT2D eigenvalue weighted by atomic mass is 32.2. The van der Waals surface area contributed by atoms with Gasteiger partial charge in [0.25, 0.3) is 5.91 Å². The first-order valence-electron chi connectivity index (χ1n) is 19.5.